The average Bonchev–Trinajstić information content (AvgIpc) is 2.55. The molecule has 0 radical (unpaired) electrons. The number of hydrogen-bond acceptors (Lipinski definition) is 0. The smallest absolute Gasteiger partial charge is 0.195 e. The Morgan fingerprint density at radius 2 is 0.931 bits per heavy atom. The molecule has 0 saturated heterocycles. The van der Waals surface area contributed by atoms with E-state index >= 15 is 0 Å². The third kappa shape index (κ3) is 5.50. The maximum Gasteiger partial charge on any atom is 0.460 e. The highest BCUT2D eigenvalue weighted by molar-refractivity contribution is 5.15. The Kier molecular flexibility index (Phi) is 8.94. The summed E-state index contributed by atoms with van der Waals surface area (Å²) in [5, 5.41) is 0. The molecule has 174 valence electrons. The molecule has 29 heavy (non-hydrogen) atoms. The van der Waals surface area contributed by atoms with Crippen LogP contribution in [0.1, 0.15) is 51.9 Å². The van der Waals surface area contributed by atoms with E-state index in [1.807, 2.05) is 6.92 Å². The van der Waals surface area contributed by atoms with E-state index in [0.717, 1.165) is 19.3 Å². The van der Waals surface area contributed by atoms with E-state index in [4.69, 9.17) is 0 Å². The summed E-state index contributed by atoms with van der Waals surface area (Å²) >= 11 is 0. The Morgan fingerprint density at radius 3 is 1.38 bits per heavy atom. The van der Waals surface area contributed by atoms with E-state index < -0.39 is 41.9 Å². The van der Waals surface area contributed by atoms with Crippen LogP contribution in [-0.4, -0.2) is 35.8 Å². The fraction of sp³-hybridized carbons (Fsp3) is 0.875. The molecule has 0 fully saturated rings. The third-order valence-electron chi connectivity index (χ3n) is 4.01. The summed E-state index contributed by atoms with van der Waals surface area (Å²) in [6, 6.07) is 0. The molecule has 0 rings (SSSR count). The van der Waals surface area contributed by atoms with Crippen LogP contribution in [0.5, 0.6) is 0 Å². The van der Waals surface area contributed by atoms with E-state index in [2.05, 4.69) is 0 Å². The Morgan fingerprint density at radius 1 is 0.517 bits per heavy atom. The second kappa shape index (κ2) is 9.32. The van der Waals surface area contributed by atoms with Crippen molar-refractivity contribution in [3.63, 3.8) is 0 Å². The second-order valence-corrected chi connectivity index (χ2v) is 6.38. The monoisotopic (exact) mass is 458 g/mol. The van der Waals surface area contributed by atoms with Gasteiger partial charge in [-0.3, -0.25) is 0 Å². The molecule has 0 aliphatic carbocycles. The third-order valence-corrected chi connectivity index (χ3v) is 4.01. The Bertz CT molecular complexity index is 531. The molecule has 0 aromatic heterocycles. The van der Waals surface area contributed by atoms with Crippen LogP contribution in [0.25, 0.3) is 0 Å². The van der Waals surface area contributed by atoms with Crippen LogP contribution in [0, 0.1) is 0 Å². The van der Waals surface area contributed by atoms with Crippen molar-refractivity contribution in [1.29, 1.82) is 0 Å². The van der Waals surface area contributed by atoms with Crippen molar-refractivity contribution >= 4 is 0 Å². The van der Waals surface area contributed by atoms with Gasteiger partial charge >= 0.3 is 35.8 Å². The van der Waals surface area contributed by atoms with Gasteiger partial charge in [-0.2, -0.15) is 57.1 Å². The molecular weight excluding hydrogens is 439 g/mol. The van der Waals surface area contributed by atoms with Gasteiger partial charge in [0, 0.05) is 0 Å². The minimum Gasteiger partial charge on any atom is -0.195 e. The van der Waals surface area contributed by atoms with Crippen molar-refractivity contribution < 1.29 is 57.1 Å². The van der Waals surface area contributed by atoms with Crippen molar-refractivity contribution in [2.24, 2.45) is 0 Å². The molecule has 0 aromatic rings. The number of hydrogen-bond donors (Lipinski definition) is 0. The van der Waals surface area contributed by atoms with E-state index in [1.165, 1.54) is 0 Å². The molecule has 0 atom stereocenters. The molecule has 0 aliphatic rings. The summed E-state index contributed by atoms with van der Waals surface area (Å²) < 4.78 is 167. The summed E-state index contributed by atoms with van der Waals surface area (Å²) in [5.41, 5.74) is 0. The fourth-order valence-electron chi connectivity index (χ4n) is 2.16. The van der Waals surface area contributed by atoms with Gasteiger partial charge in [-0.1, -0.05) is 45.1 Å². The first kappa shape index (κ1) is 27.8. The van der Waals surface area contributed by atoms with Gasteiger partial charge in [0.2, 0.25) is 0 Å². The first-order chi connectivity index (χ1) is 12.8. The van der Waals surface area contributed by atoms with Crippen LogP contribution in [0.3, 0.4) is 0 Å². The molecule has 0 bridgehead atoms. The predicted octanol–water partition coefficient (Wildman–Crippen LogP) is 8.03. The molecule has 0 aromatic carbocycles. The van der Waals surface area contributed by atoms with Gasteiger partial charge in [0.25, 0.3) is 0 Å². The normalized spacial score (nSPS) is 15.4. The highest BCUT2D eigenvalue weighted by Crippen LogP contribution is 2.60. The molecule has 0 heterocycles. The van der Waals surface area contributed by atoms with Crippen LogP contribution in [0.15, 0.2) is 12.2 Å². The Labute approximate surface area is 158 Å². The number of rotatable bonds is 12. The van der Waals surface area contributed by atoms with Gasteiger partial charge in [0.15, 0.2) is 0 Å². The predicted molar refractivity (Wildman–Crippen MR) is 77.9 cm³/mol. The molecule has 13 heteroatoms. The zero-order valence-corrected chi connectivity index (χ0v) is 15.0. The van der Waals surface area contributed by atoms with Crippen molar-refractivity contribution in [3.05, 3.63) is 12.2 Å². The molecule has 0 nitrogen and oxygen atoms in total. The molecule has 0 saturated carbocycles. The van der Waals surface area contributed by atoms with Gasteiger partial charge in [-0.05, 0) is 18.9 Å². The number of halogens is 13. The maximum absolute atomic E-state index is 13.4. The zero-order chi connectivity index (χ0) is 23.4. The Balaban J connectivity index is 5.42. The van der Waals surface area contributed by atoms with Gasteiger partial charge in [-0.25, -0.2) is 0 Å². The van der Waals surface area contributed by atoms with Crippen molar-refractivity contribution in [2.75, 3.05) is 0 Å². The molecule has 0 amide bonds. The van der Waals surface area contributed by atoms with Gasteiger partial charge < -0.3 is 0 Å². The van der Waals surface area contributed by atoms with Gasteiger partial charge in [0.05, 0.1) is 0 Å². The van der Waals surface area contributed by atoms with E-state index in [9.17, 15) is 57.1 Å². The maximum atomic E-state index is 13.4. The van der Waals surface area contributed by atoms with Gasteiger partial charge in [0.1, 0.15) is 0 Å². The topological polar surface area (TPSA) is 0 Å². The lowest BCUT2D eigenvalue weighted by Gasteiger charge is -2.39. The number of allylic oxidation sites excluding steroid dienone is 2. The average molecular weight is 458 g/mol. The lowest BCUT2D eigenvalue weighted by atomic mass is 9.93. The van der Waals surface area contributed by atoms with Crippen molar-refractivity contribution in [1.82, 2.24) is 0 Å². The first-order valence-electron chi connectivity index (χ1n) is 8.44. The molecule has 0 spiro atoms. The molecule has 0 unspecified atom stereocenters. The highest BCUT2D eigenvalue weighted by Gasteiger charge is 2.90. The minimum absolute atomic E-state index is 0.153. The first-order valence-corrected chi connectivity index (χ1v) is 8.44. The van der Waals surface area contributed by atoms with Crippen LogP contribution in [0.2, 0.25) is 0 Å². The SMILES string of the molecule is CCCCCCCC/C=C\C(F)(F)C(F)(F)C(F)(F)C(F)(F)C(F)(F)C(F)(F)F. The van der Waals surface area contributed by atoms with E-state index in [1.54, 1.807) is 0 Å². The highest BCUT2D eigenvalue weighted by atomic mass is 19.4. The van der Waals surface area contributed by atoms with Crippen molar-refractivity contribution in [3.8, 4) is 0 Å². The largest absolute Gasteiger partial charge is 0.460 e. The minimum atomic E-state index is -7.85. The van der Waals surface area contributed by atoms with E-state index in [-0.39, 0.29) is 18.9 Å². The van der Waals surface area contributed by atoms with Gasteiger partial charge in [-0.15, -0.1) is 0 Å². The summed E-state index contributed by atoms with van der Waals surface area (Å²) in [4.78, 5) is 0. The number of alkyl halides is 13. The summed E-state index contributed by atoms with van der Waals surface area (Å²) in [7, 11) is 0. The van der Waals surface area contributed by atoms with Crippen LogP contribution < -0.4 is 0 Å². The van der Waals surface area contributed by atoms with Crippen LogP contribution in [-0.2, 0) is 0 Å². The standard InChI is InChI=1S/C16H19F13/c1-2-3-4-5-6-7-8-9-10-11(17,18)12(19,20)13(21,22)14(23,24)15(25,26)16(27,28)29/h9-10H,2-8H2,1H3/b10-9-. The van der Waals surface area contributed by atoms with Crippen LogP contribution in [0.4, 0.5) is 57.1 Å². The second-order valence-electron chi connectivity index (χ2n) is 6.38. The molecule has 0 aliphatic heterocycles. The summed E-state index contributed by atoms with van der Waals surface area (Å²) in [6.07, 6.45) is -4.54. The molecular formula is C16H19F13. The summed E-state index contributed by atoms with van der Waals surface area (Å²) in [5.74, 6) is -36.6. The fourth-order valence-corrected chi connectivity index (χ4v) is 2.16. The quantitative estimate of drug-likeness (QED) is 0.158. The molecule has 0 N–H and O–H groups in total. The van der Waals surface area contributed by atoms with Crippen molar-refractivity contribution in [2.45, 2.75) is 87.7 Å². The zero-order valence-electron chi connectivity index (χ0n) is 15.0. The van der Waals surface area contributed by atoms with E-state index in [0.29, 0.717) is 12.8 Å². The van der Waals surface area contributed by atoms with Crippen LogP contribution >= 0.6 is 0 Å². The lowest BCUT2D eigenvalue weighted by molar-refractivity contribution is -0.436. The summed E-state index contributed by atoms with van der Waals surface area (Å²) in [6.45, 7) is 1.91. The number of unbranched alkanes of at least 4 members (excludes halogenated alkanes) is 6. The Hall–Kier alpha value is -1.17. The lowest BCUT2D eigenvalue weighted by Crippen LogP contribution is -2.69.